The molecule has 1 heterocycles. The molecule has 0 aliphatic carbocycles. The average Bonchev–Trinajstić information content (AvgIpc) is 2.95. The van der Waals surface area contributed by atoms with Gasteiger partial charge in [0.25, 0.3) is 0 Å². The number of hydrogen-bond donors (Lipinski definition) is 2. The van der Waals surface area contributed by atoms with Crippen LogP contribution in [0.5, 0.6) is 0 Å². The predicted molar refractivity (Wildman–Crippen MR) is 80.4 cm³/mol. The number of carbonyl (C=O) groups excluding carboxylic acids is 2. The Bertz CT molecular complexity index is 549. The highest BCUT2D eigenvalue weighted by molar-refractivity contribution is 5.94. The van der Waals surface area contributed by atoms with Crippen LogP contribution in [0.3, 0.4) is 0 Å². The molecule has 5 heteroatoms. The van der Waals surface area contributed by atoms with Crippen LogP contribution < -0.4 is 5.73 Å². The zero-order valence-corrected chi connectivity index (χ0v) is 12.0. The lowest BCUT2D eigenvalue weighted by molar-refractivity contribution is -0.125. The topological polar surface area (TPSA) is 83.6 Å². The molecule has 0 radical (unpaired) electrons. The third-order valence-electron chi connectivity index (χ3n) is 3.83. The number of nitrogens with zero attached hydrogens (tertiary/aromatic N) is 1. The van der Waals surface area contributed by atoms with Crippen LogP contribution in [0.2, 0.25) is 0 Å². The number of nitrogens with two attached hydrogens (primary N) is 1. The minimum atomic E-state index is -0.470. The molecular formula is C16H20N2O3. The van der Waals surface area contributed by atoms with Crippen molar-refractivity contribution in [1.82, 2.24) is 4.90 Å². The second kappa shape index (κ2) is 6.54. The first-order valence-corrected chi connectivity index (χ1v) is 7.02. The maximum Gasteiger partial charge on any atom is 0.248 e. The number of carbonyl (C=O) groups is 2. The van der Waals surface area contributed by atoms with Crippen molar-refractivity contribution in [3.8, 4) is 0 Å². The van der Waals surface area contributed by atoms with Crippen LogP contribution in [-0.4, -0.2) is 41.0 Å². The maximum atomic E-state index is 12.0. The van der Waals surface area contributed by atoms with E-state index < -0.39 is 5.91 Å². The number of aliphatic hydroxyl groups is 1. The fourth-order valence-corrected chi connectivity index (χ4v) is 2.41. The monoisotopic (exact) mass is 288 g/mol. The lowest BCUT2D eigenvalue weighted by Gasteiger charge is -2.15. The van der Waals surface area contributed by atoms with Gasteiger partial charge in [0.1, 0.15) is 0 Å². The van der Waals surface area contributed by atoms with Crippen molar-refractivity contribution in [1.29, 1.82) is 0 Å². The molecule has 112 valence electrons. The molecule has 2 amide bonds. The van der Waals surface area contributed by atoms with Gasteiger partial charge in [-0.15, -0.1) is 0 Å². The Kier molecular flexibility index (Phi) is 4.75. The summed E-state index contributed by atoms with van der Waals surface area (Å²) in [7, 11) is 0. The summed E-state index contributed by atoms with van der Waals surface area (Å²) in [4.78, 5) is 24.7. The summed E-state index contributed by atoms with van der Waals surface area (Å²) in [6, 6.07) is 6.75. The van der Waals surface area contributed by atoms with Crippen LogP contribution in [0.25, 0.3) is 6.08 Å². The third kappa shape index (κ3) is 3.92. The minimum absolute atomic E-state index is 0.0582. The van der Waals surface area contributed by atoms with Crippen LogP contribution in [0.4, 0.5) is 0 Å². The van der Waals surface area contributed by atoms with Gasteiger partial charge in [-0.1, -0.05) is 12.1 Å². The third-order valence-corrected chi connectivity index (χ3v) is 3.83. The molecule has 2 atom stereocenters. The van der Waals surface area contributed by atoms with E-state index in [1.165, 1.54) is 6.08 Å². The summed E-state index contributed by atoms with van der Waals surface area (Å²) in [5, 5.41) is 9.54. The molecule has 1 aliphatic rings. The molecule has 2 unspecified atom stereocenters. The predicted octanol–water partition coefficient (Wildman–Crippen LogP) is 1.03. The first-order valence-electron chi connectivity index (χ1n) is 7.02. The zero-order valence-electron chi connectivity index (χ0n) is 12.0. The van der Waals surface area contributed by atoms with Gasteiger partial charge in [-0.2, -0.15) is 0 Å². The summed E-state index contributed by atoms with van der Waals surface area (Å²) >= 11 is 0. The number of rotatable bonds is 4. The molecular weight excluding hydrogens is 268 g/mol. The Morgan fingerprint density at radius 2 is 2.05 bits per heavy atom. The molecule has 1 aliphatic heterocycles. The van der Waals surface area contributed by atoms with Gasteiger partial charge in [-0.05, 0) is 37.1 Å². The quantitative estimate of drug-likeness (QED) is 0.812. The van der Waals surface area contributed by atoms with E-state index >= 15 is 0 Å². The number of primary amides is 1. The second-order valence-corrected chi connectivity index (χ2v) is 5.39. The van der Waals surface area contributed by atoms with E-state index in [1.807, 2.05) is 0 Å². The molecule has 2 rings (SSSR count). The van der Waals surface area contributed by atoms with Crippen LogP contribution in [0.15, 0.2) is 30.3 Å². The van der Waals surface area contributed by atoms with Crippen molar-refractivity contribution >= 4 is 17.9 Å². The number of likely N-dealkylation sites (tertiary alicyclic amines) is 1. The van der Waals surface area contributed by atoms with E-state index in [1.54, 1.807) is 42.2 Å². The second-order valence-electron chi connectivity index (χ2n) is 5.39. The molecule has 1 aromatic carbocycles. The van der Waals surface area contributed by atoms with E-state index in [0.717, 1.165) is 12.0 Å². The highest BCUT2D eigenvalue weighted by Crippen LogP contribution is 2.20. The van der Waals surface area contributed by atoms with Crippen molar-refractivity contribution in [3.63, 3.8) is 0 Å². The molecule has 0 bridgehead atoms. The van der Waals surface area contributed by atoms with E-state index in [2.05, 4.69) is 0 Å². The van der Waals surface area contributed by atoms with Gasteiger partial charge in [-0.25, -0.2) is 0 Å². The smallest absolute Gasteiger partial charge is 0.248 e. The van der Waals surface area contributed by atoms with Crippen LogP contribution in [0, 0.1) is 5.92 Å². The van der Waals surface area contributed by atoms with E-state index in [-0.39, 0.29) is 17.9 Å². The normalized spacial score (nSPS) is 19.9. The Morgan fingerprint density at radius 1 is 1.38 bits per heavy atom. The van der Waals surface area contributed by atoms with E-state index in [9.17, 15) is 14.7 Å². The number of benzene rings is 1. The minimum Gasteiger partial charge on any atom is -0.393 e. The standard InChI is InChI=1S/C16H20N2O3/c1-11(19)14-8-9-18(10-14)15(20)7-4-12-2-5-13(6-3-12)16(17)21/h2-7,11,14,19H,8-10H2,1H3,(H2,17,21)/b7-4+. The lowest BCUT2D eigenvalue weighted by atomic mass is 10.0. The summed E-state index contributed by atoms with van der Waals surface area (Å²) < 4.78 is 0. The average molecular weight is 288 g/mol. The van der Waals surface area contributed by atoms with Gasteiger partial charge >= 0.3 is 0 Å². The van der Waals surface area contributed by atoms with Crippen molar-refractivity contribution in [2.75, 3.05) is 13.1 Å². The van der Waals surface area contributed by atoms with Gasteiger partial charge in [-0.3, -0.25) is 9.59 Å². The van der Waals surface area contributed by atoms with Crippen molar-refractivity contribution in [3.05, 3.63) is 41.5 Å². The van der Waals surface area contributed by atoms with Gasteiger partial charge in [0, 0.05) is 30.6 Å². The Hall–Kier alpha value is -2.14. The molecule has 1 saturated heterocycles. The SMILES string of the molecule is CC(O)C1CCN(C(=O)/C=C/c2ccc(C(N)=O)cc2)C1. The summed E-state index contributed by atoms with van der Waals surface area (Å²) in [6.07, 6.45) is 3.69. The van der Waals surface area contributed by atoms with E-state index in [4.69, 9.17) is 5.73 Å². The first kappa shape index (κ1) is 15.3. The molecule has 3 N–H and O–H groups in total. The Morgan fingerprint density at radius 3 is 2.57 bits per heavy atom. The van der Waals surface area contributed by atoms with Gasteiger partial charge < -0.3 is 15.7 Å². The number of amides is 2. The van der Waals surface area contributed by atoms with Crippen LogP contribution >= 0.6 is 0 Å². The fraction of sp³-hybridized carbons (Fsp3) is 0.375. The summed E-state index contributed by atoms with van der Waals surface area (Å²) in [6.45, 7) is 3.04. The van der Waals surface area contributed by atoms with E-state index in [0.29, 0.717) is 18.7 Å². The van der Waals surface area contributed by atoms with Crippen molar-refractivity contribution in [2.24, 2.45) is 11.7 Å². The van der Waals surface area contributed by atoms with Crippen molar-refractivity contribution < 1.29 is 14.7 Å². The maximum absolute atomic E-state index is 12.0. The van der Waals surface area contributed by atoms with Gasteiger partial charge in [0.05, 0.1) is 6.10 Å². The fourth-order valence-electron chi connectivity index (χ4n) is 2.41. The molecule has 1 aromatic rings. The molecule has 0 spiro atoms. The first-order chi connectivity index (χ1) is 9.97. The largest absolute Gasteiger partial charge is 0.393 e. The molecule has 1 fully saturated rings. The summed E-state index contributed by atoms with van der Waals surface area (Å²) in [5.74, 6) is -0.364. The van der Waals surface area contributed by atoms with Crippen LogP contribution in [0.1, 0.15) is 29.3 Å². The lowest BCUT2D eigenvalue weighted by Crippen LogP contribution is -2.28. The summed E-state index contributed by atoms with van der Waals surface area (Å²) in [5.41, 5.74) is 6.44. The number of hydrogen-bond acceptors (Lipinski definition) is 3. The van der Waals surface area contributed by atoms with Crippen LogP contribution in [-0.2, 0) is 4.79 Å². The highest BCUT2D eigenvalue weighted by atomic mass is 16.3. The number of aliphatic hydroxyl groups excluding tert-OH is 1. The zero-order chi connectivity index (χ0) is 15.4. The molecule has 0 saturated carbocycles. The van der Waals surface area contributed by atoms with Gasteiger partial charge in [0.15, 0.2) is 0 Å². The molecule has 21 heavy (non-hydrogen) atoms. The highest BCUT2D eigenvalue weighted by Gasteiger charge is 2.27. The van der Waals surface area contributed by atoms with Crippen molar-refractivity contribution in [2.45, 2.75) is 19.4 Å². The Labute approximate surface area is 124 Å². The molecule has 5 nitrogen and oxygen atoms in total. The van der Waals surface area contributed by atoms with Gasteiger partial charge in [0.2, 0.25) is 11.8 Å². The Balaban J connectivity index is 1.95. The molecule has 0 aromatic heterocycles.